The van der Waals surface area contributed by atoms with Crippen LogP contribution in [0, 0.1) is 0 Å². The largest absolute Gasteiger partial charge is 0.493 e. The molecule has 0 amide bonds. The topological polar surface area (TPSA) is 53.4 Å². The molecule has 0 aliphatic rings. The van der Waals surface area contributed by atoms with Crippen LogP contribution in [0.1, 0.15) is 12.7 Å². The van der Waals surface area contributed by atoms with Crippen LogP contribution in [0.3, 0.4) is 0 Å². The lowest BCUT2D eigenvalue weighted by Gasteiger charge is -2.13. The summed E-state index contributed by atoms with van der Waals surface area (Å²) in [4.78, 5) is 4.52. The summed E-state index contributed by atoms with van der Waals surface area (Å²) in [7, 11) is 2.27. The summed E-state index contributed by atoms with van der Waals surface area (Å²) in [6, 6.07) is 3.71. The van der Waals surface area contributed by atoms with Gasteiger partial charge >= 0.3 is 0 Å². The number of aromatic nitrogens is 2. The number of alkyl halides is 1. The van der Waals surface area contributed by atoms with Gasteiger partial charge in [-0.3, -0.25) is 4.21 Å². The molecule has 7 heteroatoms. The van der Waals surface area contributed by atoms with Gasteiger partial charge in [0.2, 0.25) is 0 Å². The van der Waals surface area contributed by atoms with Crippen molar-refractivity contribution < 1.29 is 13.7 Å². The molecule has 0 saturated heterocycles. The second-order valence-electron chi connectivity index (χ2n) is 4.78. The molecule has 0 saturated carbocycles. The van der Waals surface area contributed by atoms with Crippen LogP contribution in [-0.2, 0) is 23.2 Å². The monoisotopic (exact) mass is 330 g/mol. The maximum atomic E-state index is 11.6. The highest BCUT2D eigenvalue weighted by Gasteiger charge is 2.17. The number of imidazole rings is 1. The maximum absolute atomic E-state index is 11.6. The van der Waals surface area contributed by atoms with Gasteiger partial charge in [-0.2, -0.15) is 0 Å². The summed E-state index contributed by atoms with van der Waals surface area (Å²) in [5.41, 5.74) is 1.69. The van der Waals surface area contributed by atoms with E-state index >= 15 is 0 Å². The molecular formula is C14H19ClN2O3S. The van der Waals surface area contributed by atoms with Crippen LogP contribution in [0.25, 0.3) is 11.0 Å². The smallest absolute Gasteiger partial charge is 0.163 e. The quantitative estimate of drug-likeness (QED) is 0.764. The van der Waals surface area contributed by atoms with Gasteiger partial charge in [0, 0.05) is 41.0 Å². The van der Waals surface area contributed by atoms with Crippen LogP contribution in [0.5, 0.6) is 11.5 Å². The standard InChI is InChI=1S/C14H19ClN2O3S/c1-9(21(4)18)8-17-11-6-13(20-3)12(19-2)5-10(11)16-14(17)7-15/h5-6,9H,7-8H2,1-4H3. The minimum atomic E-state index is -0.909. The Kier molecular flexibility index (Phi) is 5.11. The predicted octanol–water partition coefficient (Wildman–Crippen LogP) is 2.56. The lowest BCUT2D eigenvalue weighted by atomic mass is 10.2. The Morgan fingerprint density at radius 1 is 1.33 bits per heavy atom. The molecule has 2 aromatic rings. The molecule has 5 nitrogen and oxygen atoms in total. The minimum absolute atomic E-state index is 0.0115. The fourth-order valence-corrected chi connectivity index (χ4v) is 2.73. The van der Waals surface area contributed by atoms with Crippen molar-refractivity contribution in [2.45, 2.75) is 24.6 Å². The highest BCUT2D eigenvalue weighted by molar-refractivity contribution is 7.84. The number of hydrogen-bond acceptors (Lipinski definition) is 4. The van der Waals surface area contributed by atoms with E-state index in [0.717, 1.165) is 16.9 Å². The van der Waals surface area contributed by atoms with E-state index in [-0.39, 0.29) is 5.25 Å². The van der Waals surface area contributed by atoms with Crippen LogP contribution in [0.15, 0.2) is 12.1 Å². The molecule has 1 heterocycles. The molecule has 2 atom stereocenters. The zero-order valence-corrected chi connectivity index (χ0v) is 14.1. The van der Waals surface area contributed by atoms with E-state index in [1.165, 1.54) is 0 Å². The van der Waals surface area contributed by atoms with Gasteiger partial charge in [0.05, 0.1) is 31.1 Å². The third-order valence-electron chi connectivity index (χ3n) is 3.46. The number of halogens is 1. The summed E-state index contributed by atoms with van der Waals surface area (Å²) in [6.07, 6.45) is 1.70. The van der Waals surface area contributed by atoms with Crippen molar-refractivity contribution in [3.05, 3.63) is 18.0 Å². The summed E-state index contributed by atoms with van der Waals surface area (Å²) in [6.45, 7) is 2.54. The highest BCUT2D eigenvalue weighted by atomic mass is 35.5. The molecular weight excluding hydrogens is 312 g/mol. The Labute approximate surface area is 131 Å². The van der Waals surface area contributed by atoms with E-state index in [1.807, 2.05) is 23.6 Å². The first-order valence-corrected chi connectivity index (χ1v) is 8.66. The summed E-state index contributed by atoms with van der Waals surface area (Å²) in [5, 5.41) is 0.0115. The van der Waals surface area contributed by atoms with E-state index in [1.54, 1.807) is 20.5 Å². The maximum Gasteiger partial charge on any atom is 0.163 e. The number of fused-ring (bicyclic) bond motifs is 1. The third-order valence-corrected chi connectivity index (χ3v) is 4.98. The number of rotatable bonds is 6. The SMILES string of the molecule is COc1cc2nc(CCl)n(CC(C)S(C)=O)c2cc1OC. The first kappa shape index (κ1) is 16.1. The van der Waals surface area contributed by atoms with Gasteiger partial charge in [-0.1, -0.05) is 0 Å². The fourth-order valence-electron chi connectivity index (χ4n) is 2.17. The van der Waals surface area contributed by atoms with Crippen LogP contribution in [0.4, 0.5) is 0 Å². The van der Waals surface area contributed by atoms with Crippen molar-refractivity contribution in [3.8, 4) is 11.5 Å². The minimum Gasteiger partial charge on any atom is -0.493 e. The van der Waals surface area contributed by atoms with Crippen molar-refractivity contribution in [1.82, 2.24) is 9.55 Å². The van der Waals surface area contributed by atoms with E-state index in [0.29, 0.717) is 23.9 Å². The lowest BCUT2D eigenvalue weighted by molar-refractivity contribution is 0.355. The molecule has 1 aromatic carbocycles. The molecule has 21 heavy (non-hydrogen) atoms. The number of ether oxygens (including phenoxy) is 2. The average molecular weight is 331 g/mol. The van der Waals surface area contributed by atoms with Gasteiger partial charge in [0.1, 0.15) is 5.82 Å². The van der Waals surface area contributed by atoms with Crippen LogP contribution in [0.2, 0.25) is 0 Å². The molecule has 0 aliphatic heterocycles. The Morgan fingerprint density at radius 3 is 2.48 bits per heavy atom. The Balaban J connectivity index is 2.59. The first-order valence-electron chi connectivity index (χ1n) is 6.51. The number of nitrogens with zero attached hydrogens (tertiary/aromatic N) is 2. The van der Waals surface area contributed by atoms with Gasteiger partial charge in [-0.25, -0.2) is 4.98 Å². The molecule has 2 unspecified atom stereocenters. The summed E-state index contributed by atoms with van der Waals surface area (Å²) in [5.74, 6) is 2.31. The normalized spacial score (nSPS) is 14.1. The number of methoxy groups -OCH3 is 2. The van der Waals surface area contributed by atoms with Crippen molar-refractivity contribution in [1.29, 1.82) is 0 Å². The number of benzene rings is 1. The average Bonchev–Trinajstić information content (AvgIpc) is 2.82. The van der Waals surface area contributed by atoms with Gasteiger partial charge in [0.25, 0.3) is 0 Å². The van der Waals surface area contributed by atoms with Crippen molar-refractivity contribution >= 4 is 33.4 Å². The van der Waals surface area contributed by atoms with Crippen LogP contribution < -0.4 is 9.47 Å². The molecule has 0 N–H and O–H groups in total. The second kappa shape index (κ2) is 6.66. The Morgan fingerprint density at radius 2 is 1.95 bits per heavy atom. The predicted molar refractivity (Wildman–Crippen MR) is 85.9 cm³/mol. The van der Waals surface area contributed by atoms with E-state index in [2.05, 4.69) is 4.98 Å². The van der Waals surface area contributed by atoms with Gasteiger partial charge < -0.3 is 14.0 Å². The molecule has 0 aliphatic carbocycles. The molecule has 0 spiro atoms. The zero-order valence-electron chi connectivity index (χ0n) is 12.6. The summed E-state index contributed by atoms with van der Waals surface area (Å²) >= 11 is 5.99. The molecule has 1 aromatic heterocycles. The van der Waals surface area contributed by atoms with Crippen molar-refractivity contribution in [3.63, 3.8) is 0 Å². The second-order valence-corrected chi connectivity index (χ2v) is 6.85. The highest BCUT2D eigenvalue weighted by Crippen LogP contribution is 2.32. The van der Waals surface area contributed by atoms with Crippen molar-refractivity contribution in [2.24, 2.45) is 0 Å². The van der Waals surface area contributed by atoms with E-state index in [9.17, 15) is 4.21 Å². The van der Waals surface area contributed by atoms with Gasteiger partial charge in [0.15, 0.2) is 11.5 Å². The molecule has 2 rings (SSSR count). The Bertz CT molecular complexity index is 672. The van der Waals surface area contributed by atoms with Crippen LogP contribution >= 0.6 is 11.6 Å². The molecule has 0 bridgehead atoms. The fraction of sp³-hybridized carbons (Fsp3) is 0.500. The third kappa shape index (κ3) is 3.16. The van der Waals surface area contributed by atoms with E-state index in [4.69, 9.17) is 21.1 Å². The van der Waals surface area contributed by atoms with Crippen molar-refractivity contribution in [2.75, 3.05) is 20.5 Å². The zero-order chi connectivity index (χ0) is 15.6. The summed E-state index contributed by atoms with van der Waals surface area (Å²) < 4.78 is 24.3. The van der Waals surface area contributed by atoms with E-state index < -0.39 is 10.8 Å². The van der Waals surface area contributed by atoms with Gasteiger partial charge in [-0.15, -0.1) is 11.6 Å². The lowest BCUT2D eigenvalue weighted by Crippen LogP contribution is -2.18. The first-order chi connectivity index (χ1) is 10.0. The Hall–Kier alpha value is -1.27. The molecule has 116 valence electrons. The van der Waals surface area contributed by atoms with Crippen LogP contribution in [-0.4, -0.2) is 39.5 Å². The van der Waals surface area contributed by atoms with Gasteiger partial charge in [-0.05, 0) is 6.92 Å². The molecule has 0 radical (unpaired) electrons. The molecule has 0 fully saturated rings. The number of hydrogen-bond donors (Lipinski definition) is 0.